The average Bonchev–Trinajstić information content (AvgIpc) is 3.56. The maximum Gasteiger partial charge on any atom is 0.324 e. The van der Waals surface area contributed by atoms with Crippen molar-refractivity contribution in [2.24, 2.45) is 11.8 Å². The van der Waals surface area contributed by atoms with Gasteiger partial charge in [-0.25, -0.2) is 9.78 Å². The molecule has 2 saturated heterocycles. The van der Waals surface area contributed by atoms with Crippen molar-refractivity contribution in [2.75, 3.05) is 38.1 Å². The Labute approximate surface area is 213 Å². The second kappa shape index (κ2) is 9.13. The van der Waals surface area contributed by atoms with Crippen LogP contribution in [0.3, 0.4) is 0 Å². The number of carbonyl (C=O) groups excluding carboxylic acids is 1. The summed E-state index contributed by atoms with van der Waals surface area (Å²) in [6.45, 7) is 4.50. The Morgan fingerprint density at radius 2 is 1.63 bits per heavy atom. The first-order valence-corrected chi connectivity index (χ1v) is 12.9. The summed E-state index contributed by atoms with van der Waals surface area (Å²) in [4.78, 5) is 24.4. The van der Waals surface area contributed by atoms with Gasteiger partial charge in [-0.1, -0.05) is 52.3 Å². The number of carbonyl (C=O) groups is 1. The van der Waals surface area contributed by atoms with Crippen LogP contribution in [0, 0.1) is 11.8 Å². The zero-order valence-electron chi connectivity index (χ0n) is 19.7. The number of fused-ring (bicyclic) bond motifs is 2. The zero-order valence-corrected chi connectivity index (χ0v) is 21.3. The van der Waals surface area contributed by atoms with E-state index in [0.29, 0.717) is 11.8 Å². The second-order valence-electron chi connectivity index (χ2n) is 9.64. The van der Waals surface area contributed by atoms with E-state index in [1.54, 1.807) is 4.90 Å². The maximum absolute atomic E-state index is 13.1. The Morgan fingerprint density at radius 3 is 2.34 bits per heavy atom. The number of nitrogens with zero attached hydrogens (tertiary/aromatic N) is 5. The maximum atomic E-state index is 13.1. The molecule has 0 N–H and O–H groups in total. The molecule has 2 aromatic heterocycles. The quantitative estimate of drug-likeness (QED) is 0.356. The highest BCUT2D eigenvalue weighted by molar-refractivity contribution is 9.10. The standard InChI is InChI=1S/C28H28BrN5O/c1-31(24-7-3-2-4-8-24)28(35)33-17-21-15-32(16-22(21)18-33)19-25-27(20-10-12-23(29)13-11-20)30-26-9-5-6-14-34(25)26/h2-14,21-22H,15-19H2,1H3. The number of benzene rings is 2. The van der Waals surface area contributed by atoms with Gasteiger partial charge in [0.1, 0.15) is 5.65 Å². The number of halogens is 1. The third kappa shape index (κ3) is 4.23. The second-order valence-corrected chi connectivity index (χ2v) is 10.6. The molecule has 2 aromatic carbocycles. The number of anilines is 1. The molecule has 4 aromatic rings. The molecule has 0 radical (unpaired) electrons. The normalized spacial score (nSPS) is 19.9. The van der Waals surface area contributed by atoms with Crippen LogP contribution >= 0.6 is 15.9 Å². The van der Waals surface area contributed by atoms with Gasteiger partial charge in [0.25, 0.3) is 0 Å². The third-order valence-electron chi connectivity index (χ3n) is 7.38. The van der Waals surface area contributed by atoms with Crippen LogP contribution in [-0.2, 0) is 6.54 Å². The van der Waals surface area contributed by atoms with E-state index < -0.39 is 0 Å². The summed E-state index contributed by atoms with van der Waals surface area (Å²) in [7, 11) is 1.87. The first kappa shape index (κ1) is 22.3. The van der Waals surface area contributed by atoms with Crippen molar-refractivity contribution < 1.29 is 4.79 Å². The van der Waals surface area contributed by atoms with Gasteiger partial charge in [-0.2, -0.15) is 0 Å². The minimum absolute atomic E-state index is 0.0939. The summed E-state index contributed by atoms with van der Waals surface area (Å²) >= 11 is 3.54. The van der Waals surface area contributed by atoms with Crippen LogP contribution in [0.4, 0.5) is 10.5 Å². The Bertz CT molecular complexity index is 1340. The van der Waals surface area contributed by atoms with Gasteiger partial charge >= 0.3 is 6.03 Å². The molecular weight excluding hydrogens is 502 g/mol. The fourth-order valence-electron chi connectivity index (χ4n) is 5.60. The summed E-state index contributed by atoms with van der Waals surface area (Å²) in [5, 5.41) is 0. The molecule has 2 aliphatic heterocycles. The summed E-state index contributed by atoms with van der Waals surface area (Å²) in [6, 6.07) is 24.5. The van der Waals surface area contributed by atoms with Crippen LogP contribution in [0.5, 0.6) is 0 Å². The molecule has 2 aliphatic rings. The van der Waals surface area contributed by atoms with E-state index in [1.165, 1.54) is 5.69 Å². The van der Waals surface area contributed by atoms with E-state index >= 15 is 0 Å². The smallest absolute Gasteiger partial charge is 0.324 e. The van der Waals surface area contributed by atoms with Crippen LogP contribution in [0.2, 0.25) is 0 Å². The minimum Gasteiger partial charge on any atom is -0.324 e. The highest BCUT2D eigenvalue weighted by atomic mass is 79.9. The molecule has 6 nitrogen and oxygen atoms in total. The van der Waals surface area contributed by atoms with Crippen molar-refractivity contribution in [1.29, 1.82) is 0 Å². The Balaban J connectivity index is 1.18. The number of amides is 2. The lowest BCUT2D eigenvalue weighted by molar-refractivity contribution is 0.206. The summed E-state index contributed by atoms with van der Waals surface area (Å²) in [5.74, 6) is 1.02. The van der Waals surface area contributed by atoms with Gasteiger partial charge < -0.3 is 9.30 Å². The van der Waals surface area contributed by atoms with E-state index in [-0.39, 0.29) is 6.03 Å². The van der Waals surface area contributed by atoms with E-state index in [1.807, 2.05) is 48.3 Å². The predicted molar refractivity (Wildman–Crippen MR) is 142 cm³/mol. The number of pyridine rings is 1. The zero-order chi connectivity index (χ0) is 23.9. The number of aromatic nitrogens is 2. The lowest BCUT2D eigenvalue weighted by Crippen LogP contribution is -2.41. The van der Waals surface area contributed by atoms with Gasteiger partial charge in [0.05, 0.1) is 11.4 Å². The Kier molecular flexibility index (Phi) is 5.82. The van der Waals surface area contributed by atoms with Gasteiger partial charge in [0.15, 0.2) is 0 Å². The number of rotatable bonds is 4. The molecule has 7 heteroatoms. The fourth-order valence-corrected chi connectivity index (χ4v) is 5.86. The highest BCUT2D eigenvalue weighted by Crippen LogP contribution is 2.34. The van der Waals surface area contributed by atoms with Crippen molar-refractivity contribution in [2.45, 2.75) is 6.54 Å². The van der Waals surface area contributed by atoms with Crippen molar-refractivity contribution in [3.05, 3.63) is 89.2 Å². The van der Waals surface area contributed by atoms with Crippen molar-refractivity contribution in [3.63, 3.8) is 0 Å². The topological polar surface area (TPSA) is 44.1 Å². The first-order valence-electron chi connectivity index (χ1n) is 12.1. The highest BCUT2D eigenvalue weighted by Gasteiger charge is 2.42. The van der Waals surface area contributed by atoms with Crippen LogP contribution < -0.4 is 4.90 Å². The van der Waals surface area contributed by atoms with Crippen molar-refractivity contribution in [3.8, 4) is 11.3 Å². The lowest BCUT2D eigenvalue weighted by atomic mass is 10.0. The predicted octanol–water partition coefficient (Wildman–Crippen LogP) is 5.38. The first-order chi connectivity index (χ1) is 17.1. The SMILES string of the molecule is CN(C(=O)N1CC2CN(Cc3c(-c4ccc(Br)cc4)nc4ccccn34)CC2C1)c1ccccc1. The number of urea groups is 1. The molecule has 6 rings (SSSR count). The van der Waals surface area contributed by atoms with Gasteiger partial charge in [-0.05, 0) is 48.2 Å². The summed E-state index contributed by atoms with van der Waals surface area (Å²) in [5.41, 5.74) is 5.30. The molecular formula is C28H28BrN5O. The number of imidazole rings is 1. The molecule has 0 saturated carbocycles. The minimum atomic E-state index is 0.0939. The largest absolute Gasteiger partial charge is 0.324 e. The van der Waals surface area contributed by atoms with Gasteiger partial charge in [0.2, 0.25) is 0 Å². The molecule has 35 heavy (non-hydrogen) atoms. The molecule has 0 bridgehead atoms. The summed E-state index contributed by atoms with van der Waals surface area (Å²) in [6.07, 6.45) is 2.11. The Morgan fingerprint density at radius 1 is 0.943 bits per heavy atom. The van der Waals surface area contributed by atoms with Gasteiger partial charge in [-0.15, -0.1) is 0 Å². The molecule has 2 fully saturated rings. The van der Waals surface area contributed by atoms with Crippen LogP contribution in [0.1, 0.15) is 5.69 Å². The number of likely N-dealkylation sites (tertiary alicyclic amines) is 2. The molecule has 4 heterocycles. The number of hydrogen-bond donors (Lipinski definition) is 0. The molecule has 2 atom stereocenters. The summed E-state index contributed by atoms with van der Waals surface area (Å²) < 4.78 is 3.28. The molecule has 2 unspecified atom stereocenters. The van der Waals surface area contributed by atoms with Crippen molar-refractivity contribution >= 4 is 33.3 Å². The van der Waals surface area contributed by atoms with E-state index in [4.69, 9.17) is 4.98 Å². The monoisotopic (exact) mass is 529 g/mol. The van der Waals surface area contributed by atoms with Crippen LogP contribution in [0.25, 0.3) is 16.9 Å². The Hall–Kier alpha value is -3.16. The van der Waals surface area contributed by atoms with Gasteiger partial charge in [0, 0.05) is 61.7 Å². The fraction of sp³-hybridized carbons (Fsp3) is 0.286. The number of para-hydroxylation sites is 1. The van der Waals surface area contributed by atoms with E-state index in [2.05, 4.69) is 67.8 Å². The molecule has 0 spiro atoms. The molecule has 2 amide bonds. The lowest BCUT2D eigenvalue weighted by Gasteiger charge is -2.26. The molecule has 178 valence electrons. The van der Waals surface area contributed by atoms with Crippen molar-refractivity contribution in [1.82, 2.24) is 19.2 Å². The molecule has 0 aliphatic carbocycles. The van der Waals surface area contributed by atoms with Gasteiger partial charge in [-0.3, -0.25) is 9.80 Å². The average molecular weight is 530 g/mol. The van der Waals surface area contributed by atoms with Crippen LogP contribution in [-0.4, -0.2) is 58.4 Å². The van der Waals surface area contributed by atoms with E-state index in [9.17, 15) is 4.79 Å². The third-order valence-corrected chi connectivity index (χ3v) is 7.91. The van der Waals surface area contributed by atoms with Crippen LogP contribution in [0.15, 0.2) is 83.5 Å². The number of hydrogen-bond acceptors (Lipinski definition) is 3. The van der Waals surface area contributed by atoms with E-state index in [0.717, 1.165) is 59.8 Å².